The molecule has 5 rings (SSSR count). The molecule has 0 aliphatic heterocycles. The first-order valence-corrected chi connectivity index (χ1v) is 13.7. The van der Waals surface area contributed by atoms with Crippen LogP contribution < -0.4 is 26.4 Å². The maximum atomic E-state index is 13.3. The van der Waals surface area contributed by atoms with E-state index in [0.717, 1.165) is 22.4 Å². The van der Waals surface area contributed by atoms with Crippen LogP contribution in [-0.4, -0.2) is 26.3 Å². The number of anilines is 1. The minimum absolute atomic E-state index is 0.181. The molecule has 2 amide bonds. The molecular weight excluding hydrogens is 516 g/mol. The van der Waals surface area contributed by atoms with Crippen molar-refractivity contribution >= 4 is 29.0 Å². The highest BCUT2D eigenvalue weighted by Gasteiger charge is 2.30. The quantitative estimate of drug-likeness (QED) is 0.167. The van der Waals surface area contributed by atoms with Crippen LogP contribution in [0.5, 0.6) is 5.75 Å². The number of hydrogen-bond acceptors (Lipinski definition) is 6. The summed E-state index contributed by atoms with van der Waals surface area (Å²) < 4.78 is 8.08. The second kappa shape index (κ2) is 11.4. The topological polar surface area (TPSA) is 147 Å². The number of nitrogen functional groups attached to an aromatic ring is 1. The van der Waals surface area contributed by atoms with Crippen molar-refractivity contribution in [2.75, 3.05) is 5.73 Å². The van der Waals surface area contributed by atoms with Crippen molar-refractivity contribution in [1.82, 2.24) is 25.2 Å². The Morgan fingerprint density at radius 1 is 1.07 bits per heavy atom. The summed E-state index contributed by atoms with van der Waals surface area (Å²) in [4.78, 5) is 13.3. The first-order chi connectivity index (χ1) is 19.6. The van der Waals surface area contributed by atoms with Crippen molar-refractivity contribution in [1.29, 1.82) is 5.41 Å². The Hall–Kier alpha value is -4.70. The van der Waals surface area contributed by atoms with E-state index in [0.29, 0.717) is 41.7 Å². The molecule has 0 fully saturated rings. The molecule has 2 aromatic heterocycles. The van der Waals surface area contributed by atoms with E-state index in [-0.39, 0.29) is 23.6 Å². The molecule has 2 heterocycles. The molecule has 0 saturated heterocycles. The van der Waals surface area contributed by atoms with Crippen molar-refractivity contribution in [3.8, 4) is 5.75 Å². The number of ether oxygens (including phenoxy) is 1. The molecule has 4 aromatic rings. The number of pyridine rings is 1. The van der Waals surface area contributed by atoms with Gasteiger partial charge in [-0.05, 0) is 55.2 Å². The summed E-state index contributed by atoms with van der Waals surface area (Å²) in [7, 11) is 0. The van der Waals surface area contributed by atoms with Gasteiger partial charge in [-0.25, -0.2) is 4.79 Å². The number of nitrogens with one attached hydrogen (secondary N) is 3. The van der Waals surface area contributed by atoms with Gasteiger partial charge in [0.05, 0.1) is 12.2 Å². The number of benzene rings is 2. The molecule has 10 heteroatoms. The summed E-state index contributed by atoms with van der Waals surface area (Å²) in [5.41, 5.74) is 10.8. The SMILES string of the molecule is Cc1ccc([NH2+]C(=CC(=N)C(C)(C)C)NC(=O)NC2CCC(Oc3ccc4nnc(N)n4c3)c3ccccc32)cc1. The lowest BCUT2D eigenvalue weighted by atomic mass is 9.85. The Balaban J connectivity index is 1.31. The maximum absolute atomic E-state index is 13.3. The smallest absolute Gasteiger partial charge is 0.323 e. The average molecular weight is 554 g/mol. The minimum Gasteiger partial charge on any atom is -0.484 e. The molecule has 7 N–H and O–H groups in total. The van der Waals surface area contributed by atoms with Crippen LogP contribution in [0.15, 0.2) is 78.8 Å². The largest absolute Gasteiger partial charge is 0.484 e. The molecule has 0 spiro atoms. The van der Waals surface area contributed by atoms with E-state index < -0.39 is 0 Å². The number of carbonyl (C=O) groups excluding carboxylic acids is 1. The van der Waals surface area contributed by atoms with Gasteiger partial charge >= 0.3 is 6.03 Å². The third-order valence-corrected chi connectivity index (χ3v) is 7.19. The summed E-state index contributed by atoms with van der Waals surface area (Å²) in [5, 5.41) is 24.5. The van der Waals surface area contributed by atoms with Crippen LogP contribution >= 0.6 is 0 Å². The van der Waals surface area contributed by atoms with E-state index >= 15 is 0 Å². The molecule has 1 aliphatic carbocycles. The van der Waals surface area contributed by atoms with Gasteiger partial charge in [0, 0.05) is 17.2 Å². The Morgan fingerprint density at radius 3 is 2.54 bits per heavy atom. The molecule has 10 nitrogen and oxygen atoms in total. The number of aryl methyl sites for hydroxylation is 1. The van der Waals surface area contributed by atoms with Crippen LogP contribution in [0.1, 0.15) is 62.4 Å². The van der Waals surface area contributed by atoms with Crippen molar-refractivity contribution < 1.29 is 14.8 Å². The van der Waals surface area contributed by atoms with Gasteiger partial charge in [-0.2, -0.15) is 0 Å². The lowest BCUT2D eigenvalue weighted by molar-refractivity contribution is -0.522. The van der Waals surface area contributed by atoms with Gasteiger partial charge in [0.15, 0.2) is 5.65 Å². The number of aromatic nitrogens is 3. The molecule has 0 radical (unpaired) electrons. The predicted octanol–water partition coefficient (Wildman–Crippen LogP) is 4.68. The summed E-state index contributed by atoms with van der Waals surface area (Å²) in [6.45, 7) is 7.97. The van der Waals surface area contributed by atoms with Gasteiger partial charge in [-0.15, -0.1) is 10.2 Å². The molecule has 2 unspecified atom stereocenters. The summed E-state index contributed by atoms with van der Waals surface area (Å²) in [6.07, 6.45) is 4.74. The number of nitrogens with zero attached hydrogens (tertiary/aromatic N) is 3. The zero-order valence-electron chi connectivity index (χ0n) is 23.8. The summed E-state index contributed by atoms with van der Waals surface area (Å²) >= 11 is 0. The Labute approximate surface area is 239 Å². The second-order valence-electron chi connectivity index (χ2n) is 11.4. The molecule has 2 aromatic carbocycles. The van der Waals surface area contributed by atoms with Crippen LogP contribution in [0.4, 0.5) is 16.4 Å². The monoisotopic (exact) mass is 553 g/mol. The third-order valence-electron chi connectivity index (χ3n) is 7.19. The van der Waals surface area contributed by atoms with Gasteiger partial charge in [0.1, 0.15) is 17.5 Å². The number of hydrogen-bond donors (Lipinski definition) is 5. The van der Waals surface area contributed by atoms with Crippen LogP contribution in [0.2, 0.25) is 0 Å². The van der Waals surface area contributed by atoms with Crippen molar-refractivity contribution in [3.63, 3.8) is 0 Å². The first-order valence-electron chi connectivity index (χ1n) is 13.7. The van der Waals surface area contributed by atoms with Crippen molar-refractivity contribution in [3.05, 3.63) is 95.4 Å². The minimum atomic E-state index is -0.355. The lowest BCUT2D eigenvalue weighted by Crippen LogP contribution is -2.79. The predicted molar refractivity (Wildman–Crippen MR) is 159 cm³/mol. The number of carbonyl (C=O) groups is 1. The van der Waals surface area contributed by atoms with Crippen LogP contribution in [0.25, 0.3) is 5.65 Å². The van der Waals surface area contributed by atoms with E-state index in [4.69, 9.17) is 15.9 Å². The number of fused-ring (bicyclic) bond motifs is 2. The van der Waals surface area contributed by atoms with Gasteiger partial charge in [-0.1, -0.05) is 62.7 Å². The molecule has 212 valence electrons. The van der Waals surface area contributed by atoms with Crippen LogP contribution in [0.3, 0.4) is 0 Å². The highest BCUT2D eigenvalue weighted by atomic mass is 16.5. The lowest BCUT2D eigenvalue weighted by Gasteiger charge is -2.32. The fourth-order valence-corrected chi connectivity index (χ4v) is 4.80. The molecule has 0 saturated carbocycles. The zero-order valence-corrected chi connectivity index (χ0v) is 23.8. The van der Waals surface area contributed by atoms with Crippen molar-refractivity contribution in [2.45, 2.75) is 52.7 Å². The molecule has 0 bridgehead atoms. The highest BCUT2D eigenvalue weighted by molar-refractivity contribution is 5.97. The summed E-state index contributed by atoms with van der Waals surface area (Å²) in [6, 6.07) is 19.2. The first kappa shape index (κ1) is 27.9. The maximum Gasteiger partial charge on any atom is 0.323 e. The highest BCUT2D eigenvalue weighted by Crippen LogP contribution is 2.38. The Morgan fingerprint density at radius 2 is 1.80 bits per heavy atom. The van der Waals surface area contributed by atoms with Gasteiger partial charge < -0.3 is 21.2 Å². The zero-order chi connectivity index (χ0) is 29.1. The van der Waals surface area contributed by atoms with E-state index in [2.05, 4.69) is 20.8 Å². The molecule has 1 aliphatic rings. The number of nitrogens with two attached hydrogens (primary N) is 2. The second-order valence-corrected chi connectivity index (χ2v) is 11.4. The number of urea groups is 1. The molecular formula is C31H37N8O2+. The van der Waals surface area contributed by atoms with Crippen LogP contribution in [-0.2, 0) is 0 Å². The van der Waals surface area contributed by atoms with Gasteiger partial charge in [0.25, 0.3) is 0 Å². The van der Waals surface area contributed by atoms with E-state index in [1.807, 2.05) is 93.7 Å². The number of amides is 2. The fraction of sp³-hybridized carbons (Fsp3) is 0.290. The van der Waals surface area contributed by atoms with Crippen molar-refractivity contribution in [2.24, 2.45) is 5.41 Å². The van der Waals surface area contributed by atoms with E-state index in [1.165, 1.54) is 0 Å². The normalized spacial score (nSPS) is 17.1. The standard InChI is InChI=1S/C31H36N8O2/c1-19-9-11-20(12-10-19)34-27(17-26(32)31(2,3)4)36-30(40)35-24-14-15-25(23-8-6-5-7-22(23)24)41-21-13-16-28-37-38-29(33)39(28)18-21/h5-13,16-18,24-25,32,34H,14-15H2,1-4H3,(H2,33,38)(H2,35,36,40)/p+1. The molecule has 41 heavy (non-hydrogen) atoms. The fourth-order valence-electron chi connectivity index (χ4n) is 4.80. The van der Waals surface area contributed by atoms with Gasteiger partial charge in [-0.3, -0.25) is 15.0 Å². The molecule has 2 atom stereocenters. The number of allylic oxidation sites excluding steroid dienone is 1. The number of rotatable bonds is 7. The Kier molecular flexibility index (Phi) is 7.76. The van der Waals surface area contributed by atoms with E-state index in [1.54, 1.807) is 16.7 Å². The third kappa shape index (κ3) is 6.55. The van der Waals surface area contributed by atoms with Crippen LogP contribution in [0, 0.1) is 17.7 Å². The Bertz CT molecular complexity index is 1600. The number of quaternary nitrogens is 1. The summed E-state index contributed by atoms with van der Waals surface area (Å²) in [5.74, 6) is 1.52. The van der Waals surface area contributed by atoms with Gasteiger partial charge in [0.2, 0.25) is 11.8 Å². The van der Waals surface area contributed by atoms with E-state index in [9.17, 15) is 4.79 Å². The average Bonchev–Trinajstić information content (AvgIpc) is 3.30.